The summed E-state index contributed by atoms with van der Waals surface area (Å²) in [6.07, 6.45) is 1.89. The summed E-state index contributed by atoms with van der Waals surface area (Å²) in [6.45, 7) is 1.54. The molecule has 0 radical (unpaired) electrons. The summed E-state index contributed by atoms with van der Waals surface area (Å²) in [5, 5.41) is 3.25. The number of rotatable bonds is 1. The number of anilines is 2. The lowest BCUT2D eigenvalue weighted by Gasteiger charge is -2.25. The molecule has 1 saturated heterocycles. The Balaban J connectivity index is 1.68. The number of carbonyl (C=O) groups excluding carboxylic acids is 2. The van der Waals surface area contributed by atoms with Gasteiger partial charge in [-0.1, -0.05) is 22.9 Å². The van der Waals surface area contributed by atoms with E-state index in [-0.39, 0.29) is 17.5 Å². The van der Waals surface area contributed by atoms with Crippen molar-refractivity contribution < 1.29 is 14.3 Å². The van der Waals surface area contributed by atoms with Crippen LogP contribution in [0, 0.1) is 0 Å². The van der Waals surface area contributed by atoms with Crippen molar-refractivity contribution in [3.05, 3.63) is 37.2 Å². The third-order valence-electron chi connectivity index (χ3n) is 5.08. The van der Waals surface area contributed by atoms with E-state index in [4.69, 9.17) is 16.3 Å². The van der Waals surface area contributed by atoms with Crippen LogP contribution in [0.1, 0.15) is 12.0 Å². The van der Waals surface area contributed by atoms with E-state index in [0.717, 1.165) is 26.6 Å². The lowest BCUT2D eigenvalue weighted by Crippen LogP contribution is -2.41. The molecule has 1 unspecified atom stereocenters. The molecule has 0 bridgehead atoms. The Bertz CT molecular complexity index is 972. The first kappa shape index (κ1) is 19.9. The fraction of sp³-hybridized carbons (Fsp3) is 0.353. The molecule has 1 atom stereocenters. The van der Waals surface area contributed by atoms with Crippen molar-refractivity contribution >= 4 is 77.7 Å². The minimum absolute atomic E-state index is 0.283. The molecule has 1 fully saturated rings. The summed E-state index contributed by atoms with van der Waals surface area (Å²) in [4.78, 5) is 32.5. The van der Waals surface area contributed by atoms with E-state index in [9.17, 15) is 9.59 Å². The van der Waals surface area contributed by atoms with Crippen molar-refractivity contribution in [2.75, 3.05) is 37.0 Å². The van der Waals surface area contributed by atoms with Crippen LogP contribution in [0.4, 0.5) is 20.4 Å². The number of urea groups is 1. The molecule has 0 saturated carbocycles. The number of benzene rings is 1. The van der Waals surface area contributed by atoms with Gasteiger partial charge >= 0.3 is 12.1 Å². The van der Waals surface area contributed by atoms with Crippen molar-refractivity contribution in [3.63, 3.8) is 0 Å². The Hall–Kier alpha value is -1.36. The SMILES string of the molecule is COC(=O)N1CCC2(C1)CN(C(=O)Nc1ncc(Cl)s1)c1cc(Br)c(Br)cc12. The molecule has 1 spiro atoms. The van der Waals surface area contributed by atoms with Crippen molar-refractivity contribution in [3.8, 4) is 0 Å². The topological polar surface area (TPSA) is 74.8 Å². The van der Waals surface area contributed by atoms with Crippen LogP contribution in [0.2, 0.25) is 4.34 Å². The molecule has 7 nitrogen and oxygen atoms in total. The monoisotopic (exact) mass is 548 g/mol. The quantitative estimate of drug-likeness (QED) is 0.537. The number of hydrogen-bond acceptors (Lipinski definition) is 5. The Morgan fingerprint density at radius 1 is 1.32 bits per heavy atom. The van der Waals surface area contributed by atoms with E-state index in [1.807, 2.05) is 12.1 Å². The molecular weight excluding hydrogens is 536 g/mol. The second kappa shape index (κ2) is 7.47. The highest BCUT2D eigenvalue weighted by molar-refractivity contribution is 9.13. The van der Waals surface area contributed by atoms with Gasteiger partial charge in [0, 0.05) is 34.0 Å². The van der Waals surface area contributed by atoms with Gasteiger partial charge in [0.25, 0.3) is 0 Å². The van der Waals surface area contributed by atoms with Gasteiger partial charge in [0.2, 0.25) is 0 Å². The number of methoxy groups -OCH3 is 1. The minimum Gasteiger partial charge on any atom is -0.453 e. The fourth-order valence-corrected chi connectivity index (χ4v) is 5.29. The Labute approximate surface area is 187 Å². The zero-order valence-electron chi connectivity index (χ0n) is 14.7. The molecule has 3 amide bonds. The average Bonchev–Trinajstić information content (AvgIpc) is 3.35. The molecule has 0 aliphatic carbocycles. The highest BCUT2D eigenvalue weighted by Gasteiger charge is 2.50. The number of fused-ring (bicyclic) bond motifs is 2. The smallest absolute Gasteiger partial charge is 0.409 e. The second-order valence-electron chi connectivity index (χ2n) is 6.69. The molecule has 2 aliphatic rings. The first-order chi connectivity index (χ1) is 13.3. The molecule has 4 rings (SSSR count). The van der Waals surface area contributed by atoms with Crippen LogP contribution in [-0.2, 0) is 10.2 Å². The number of nitrogens with one attached hydrogen (secondary N) is 1. The zero-order valence-corrected chi connectivity index (χ0v) is 19.4. The molecule has 148 valence electrons. The number of halogens is 3. The summed E-state index contributed by atoms with van der Waals surface area (Å²) < 4.78 is 7.13. The summed E-state index contributed by atoms with van der Waals surface area (Å²) in [7, 11) is 1.38. The van der Waals surface area contributed by atoms with Crippen LogP contribution in [0.3, 0.4) is 0 Å². The van der Waals surface area contributed by atoms with Crippen molar-refractivity contribution in [1.82, 2.24) is 9.88 Å². The molecule has 28 heavy (non-hydrogen) atoms. The van der Waals surface area contributed by atoms with Gasteiger partial charge in [0.1, 0.15) is 4.34 Å². The maximum atomic E-state index is 13.0. The van der Waals surface area contributed by atoms with E-state index in [2.05, 4.69) is 42.2 Å². The predicted molar refractivity (Wildman–Crippen MR) is 116 cm³/mol. The Morgan fingerprint density at radius 2 is 2.07 bits per heavy atom. The van der Waals surface area contributed by atoms with Gasteiger partial charge in [-0.2, -0.15) is 0 Å². The number of amides is 3. The van der Waals surface area contributed by atoms with Crippen LogP contribution >= 0.6 is 54.8 Å². The molecule has 1 aromatic heterocycles. The molecular formula is C17H15Br2ClN4O3S. The normalized spacial score (nSPS) is 20.6. The van der Waals surface area contributed by atoms with Gasteiger partial charge in [0.05, 0.1) is 19.0 Å². The van der Waals surface area contributed by atoms with Crippen molar-refractivity contribution in [1.29, 1.82) is 0 Å². The van der Waals surface area contributed by atoms with Gasteiger partial charge in [-0.25, -0.2) is 14.6 Å². The van der Waals surface area contributed by atoms with Crippen LogP contribution in [0.25, 0.3) is 0 Å². The van der Waals surface area contributed by atoms with E-state index < -0.39 is 0 Å². The number of thiazole rings is 1. The average molecular weight is 551 g/mol. The molecule has 1 aromatic carbocycles. The second-order valence-corrected chi connectivity index (χ2v) is 10.1. The lowest BCUT2D eigenvalue weighted by atomic mass is 9.82. The largest absolute Gasteiger partial charge is 0.453 e. The maximum absolute atomic E-state index is 13.0. The number of hydrogen-bond donors (Lipinski definition) is 1. The van der Waals surface area contributed by atoms with E-state index >= 15 is 0 Å². The Morgan fingerprint density at radius 3 is 2.75 bits per heavy atom. The van der Waals surface area contributed by atoms with Crippen LogP contribution < -0.4 is 10.2 Å². The number of carbonyl (C=O) groups is 2. The molecule has 11 heteroatoms. The summed E-state index contributed by atoms with van der Waals surface area (Å²) in [5.41, 5.74) is 1.49. The third kappa shape index (κ3) is 3.40. The Kier molecular flexibility index (Phi) is 5.32. The standard InChI is InChI=1S/C17H15Br2ClN4O3S/c1-27-16(26)23-3-2-17(7-23)8-24(12-5-11(19)10(18)4-9(12)17)15(25)22-14-21-6-13(20)28-14/h4-6H,2-3,7-8H2,1H3,(H,21,22,25). The van der Waals surface area contributed by atoms with E-state index in [1.54, 1.807) is 9.80 Å². The lowest BCUT2D eigenvalue weighted by molar-refractivity contribution is 0.131. The zero-order chi connectivity index (χ0) is 20.1. The van der Waals surface area contributed by atoms with Crippen molar-refractivity contribution in [2.24, 2.45) is 0 Å². The number of likely N-dealkylation sites (tertiary alicyclic amines) is 1. The fourth-order valence-electron chi connectivity index (χ4n) is 3.82. The van der Waals surface area contributed by atoms with Crippen LogP contribution in [0.15, 0.2) is 27.3 Å². The van der Waals surface area contributed by atoms with E-state index in [1.165, 1.54) is 24.6 Å². The third-order valence-corrected chi connectivity index (χ3v) is 7.96. The molecule has 2 aliphatic heterocycles. The van der Waals surface area contributed by atoms with Crippen molar-refractivity contribution in [2.45, 2.75) is 11.8 Å². The summed E-state index contributed by atoms with van der Waals surface area (Å²) in [5.74, 6) is 0. The van der Waals surface area contributed by atoms with Gasteiger partial charge in [-0.15, -0.1) is 0 Å². The molecule has 2 aromatic rings. The van der Waals surface area contributed by atoms with Gasteiger partial charge in [-0.05, 0) is 56.0 Å². The van der Waals surface area contributed by atoms with Gasteiger partial charge in [0.15, 0.2) is 5.13 Å². The van der Waals surface area contributed by atoms with E-state index in [0.29, 0.717) is 29.1 Å². The highest BCUT2D eigenvalue weighted by Crippen LogP contribution is 2.49. The number of nitrogens with zero attached hydrogens (tertiary/aromatic N) is 3. The first-order valence-electron chi connectivity index (χ1n) is 8.35. The van der Waals surface area contributed by atoms with Gasteiger partial charge < -0.3 is 9.64 Å². The molecule has 1 N–H and O–H groups in total. The van der Waals surface area contributed by atoms with Gasteiger partial charge in [-0.3, -0.25) is 10.2 Å². The summed E-state index contributed by atoms with van der Waals surface area (Å²) >= 11 is 14.2. The maximum Gasteiger partial charge on any atom is 0.409 e. The minimum atomic E-state index is -0.352. The van der Waals surface area contributed by atoms with Crippen LogP contribution in [-0.4, -0.2) is 48.8 Å². The summed E-state index contributed by atoms with van der Waals surface area (Å²) in [6, 6.07) is 3.66. The van der Waals surface area contributed by atoms with Crippen LogP contribution in [0.5, 0.6) is 0 Å². The first-order valence-corrected chi connectivity index (χ1v) is 11.1. The highest BCUT2D eigenvalue weighted by atomic mass is 79.9. The predicted octanol–water partition coefficient (Wildman–Crippen LogP) is 5.08. The number of aromatic nitrogens is 1. The molecule has 3 heterocycles. The number of ether oxygens (including phenoxy) is 1.